The molecule has 1 aliphatic heterocycles. The van der Waals surface area contributed by atoms with Gasteiger partial charge in [-0.3, -0.25) is 0 Å². The molecule has 80 valence electrons. The minimum absolute atomic E-state index is 2.63. The number of rotatable bonds is 0. The molecule has 1 rings (SSSR count). The van der Waals surface area contributed by atoms with Gasteiger partial charge in [-0.1, -0.05) is 0 Å². The molecular weight excluding hydrogens is 414 g/mol. The predicted molar refractivity (Wildman–Crippen MR) is 15.5 cm³/mol. The van der Waals surface area contributed by atoms with Crippen molar-refractivity contribution < 1.29 is 66.6 Å². The van der Waals surface area contributed by atoms with E-state index < -0.39 is 36.3 Å². The fraction of sp³-hybridized carbons (Fsp3) is 0. The Kier molecular flexibility index (Phi) is 1.25. The fourth-order valence-electron chi connectivity index (χ4n) is 0.548. The van der Waals surface area contributed by atoms with Crippen molar-refractivity contribution in [1.82, 2.24) is 0 Å². The van der Waals surface area contributed by atoms with Gasteiger partial charge < -0.3 is 0 Å². The summed E-state index contributed by atoms with van der Waals surface area (Å²) in [6.45, 7) is 0. The molecular formula is H6I2O10. The molecule has 1 saturated heterocycles. The van der Waals surface area contributed by atoms with Crippen LogP contribution in [-0.4, -0.2) is 20.6 Å². The fourth-order valence-corrected chi connectivity index (χ4v) is 24.6. The normalized spacial score (nSPS) is 54.0. The first-order valence-corrected chi connectivity index (χ1v) is 13.0. The van der Waals surface area contributed by atoms with E-state index in [4.69, 9.17) is 20.6 Å². The van der Waals surface area contributed by atoms with Gasteiger partial charge in [-0.25, -0.2) is 0 Å². The van der Waals surface area contributed by atoms with Gasteiger partial charge in [0.05, 0.1) is 0 Å². The van der Waals surface area contributed by atoms with Crippen LogP contribution in [0.1, 0.15) is 0 Å². The van der Waals surface area contributed by atoms with Crippen molar-refractivity contribution >= 4 is 0 Å². The van der Waals surface area contributed by atoms with Crippen LogP contribution in [0.3, 0.4) is 0 Å². The van der Waals surface area contributed by atoms with E-state index in [0.717, 1.165) is 0 Å². The second-order valence-corrected chi connectivity index (χ2v) is 19.2. The Balaban J connectivity index is 3.16. The zero-order valence-electron chi connectivity index (χ0n) is 5.07. The molecule has 0 unspecified atom stereocenters. The molecule has 0 aromatic heterocycles. The topological polar surface area (TPSA) is 186 Å². The second-order valence-electron chi connectivity index (χ2n) is 2.19. The van der Waals surface area contributed by atoms with Crippen molar-refractivity contribution in [2.75, 3.05) is 0 Å². The molecule has 1 fully saturated rings. The summed E-state index contributed by atoms with van der Waals surface area (Å²) in [6, 6.07) is 0. The third-order valence-corrected chi connectivity index (χ3v) is 22.7. The Bertz CT molecular complexity index is 217. The van der Waals surface area contributed by atoms with Gasteiger partial charge in [0.1, 0.15) is 0 Å². The first-order valence-electron chi connectivity index (χ1n) is 1.94. The Morgan fingerprint density at radius 3 is 0.833 bits per heavy atom. The van der Waals surface area contributed by atoms with Gasteiger partial charge in [0.25, 0.3) is 0 Å². The molecule has 0 saturated carbocycles. The van der Waals surface area contributed by atoms with Crippen LogP contribution in [0.15, 0.2) is 0 Å². The summed E-state index contributed by atoms with van der Waals surface area (Å²) in [7, 11) is 0. The molecule has 0 amide bonds. The Morgan fingerprint density at radius 1 is 0.667 bits per heavy atom. The third-order valence-electron chi connectivity index (χ3n) is 0.503. The molecule has 10 nitrogen and oxygen atoms in total. The van der Waals surface area contributed by atoms with Gasteiger partial charge in [-0.15, -0.1) is 0 Å². The molecule has 1 aliphatic rings. The Hall–Kier alpha value is 1.06. The number of hydrogen-bond acceptors (Lipinski definition) is 10. The second kappa shape index (κ2) is 1.35. The van der Waals surface area contributed by atoms with Crippen molar-refractivity contribution in [3.05, 3.63) is 0 Å². The van der Waals surface area contributed by atoms with Crippen molar-refractivity contribution in [3.63, 3.8) is 0 Å². The van der Waals surface area contributed by atoms with Gasteiger partial charge >= 0.3 is 66.6 Å². The van der Waals surface area contributed by atoms with E-state index in [1.165, 1.54) is 0 Å². The summed E-state index contributed by atoms with van der Waals surface area (Å²) >= 11 is -17.2. The minimum atomic E-state index is -8.59. The summed E-state index contributed by atoms with van der Waals surface area (Å²) in [4.78, 5) is 0. The summed E-state index contributed by atoms with van der Waals surface area (Å²) in [5, 5.41) is 0. The molecule has 0 aromatic carbocycles. The molecule has 1 heterocycles. The molecule has 0 atom stereocenters. The van der Waals surface area contributed by atoms with Crippen LogP contribution in [-0.2, 0) is 2.79 Å². The molecule has 0 aromatic rings. The van der Waals surface area contributed by atoms with Crippen molar-refractivity contribution in [2.24, 2.45) is 0 Å². The number of halogens is 2. The number of hydrogen-bond donors (Lipinski definition) is 6. The SMILES string of the molecule is [O-][I+]1(O)(O)(O)O[I+]([O-])(O)(O)(O)O1. The zero-order valence-corrected chi connectivity index (χ0v) is 9.39. The van der Waals surface area contributed by atoms with Crippen LogP contribution >= 0.6 is 0 Å². The summed E-state index contributed by atoms with van der Waals surface area (Å²) < 4.78 is 74.9. The van der Waals surface area contributed by atoms with Gasteiger partial charge in [0, 0.05) is 0 Å². The molecule has 12 heteroatoms. The summed E-state index contributed by atoms with van der Waals surface area (Å²) in [6.07, 6.45) is 0. The third kappa shape index (κ3) is 2.52. The van der Waals surface area contributed by atoms with Crippen LogP contribution < -0.4 is 43.2 Å². The Morgan fingerprint density at radius 2 is 0.833 bits per heavy atom. The predicted octanol–water partition coefficient (Wildman–Crippen LogP) is -11.8. The van der Waals surface area contributed by atoms with Crippen LogP contribution in [0, 0.1) is 0 Å². The van der Waals surface area contributed by atoms with Gasteiger partial charge in [-0.05, 0) is 0 Å². The quantitative estimate of drug-likeness (QED) is 0.206. The van der Waals surface area contributed by atoms with E-state index in [-0.39, 0.29) is 0 Å². The molecule has 0 spiro atoms. The standard InChI is InChI=1S/H6I2O10/c3-1(4,5,6)11-2(7,8,9,10)12-1/h3-5,7-9H. The Labute approximate surface area is 66.3 Å². The molecule has 12 heavy (non-hydrogen) atoms. The molecule has 0 bridgehead atoms. The first kappa shape index (κ1) is 11.1. The zero-order chi connectivity index (χ0) is 10.2. The van der Waals surface area contributed by atoms with Crippen LogP contribution in [0.2, 0.25) is 0 Å². The van der Waals surface area contributed by atoms with E-state index in [9.17, 15) is 6.87 Å². The van der Waals surface area contributed by atoms with Crippen LogP contribution in [0.5, 0.6) is 0 Å². The summed E-state index contributed by atoms with van der Waals surface area (Å²) in [5.41, 5.74) is 0. The first-order chi connectivity index (χ1) is 4.42. The molecule has 6 N–H and O–H groups in total. The van der Waals surface area contributed by atoms with E-state index in [1.807, 2.05) is 0 Å². The van der Waals surface area contributed by atoms with Gasteiger partial charge in [-0.2, -0.15) is 0 Å². The summed E-state index contributed by atoms with van der Waals surface area (Å²) in [5.74, 6) is 0. The van der Waals surface area contributed by atoms with Gasteiger partial charge in [0.15, 0.2) is 0 Å². The maximum atomic E-state index is 10.3. The van der Waals surface area contributed by atoms with E-state index in [2.05, 4.69) is 2.79 Å². The van der Waals surface area contributed by atoms with E-state index >= 15 is 0 Å². The molecule has 0 radical (unpaired) electrons. The van der Waals surface area contributed by atoms with Crippen LogP contribution in [0.4, 0.5) is 0 Å². The molecule has 0 aliphatic carbocycles. The average molecular weight is 420 g/mol. The van der Waals surface area contributed by atoms with Crippen molar-refractivity contribution in [3.8, 4) is 0 Å². The van der Waals surface area contributed by atoms with Gasteiger partial charge in [0.2, 0.25) is 0 Å². The van der Waals surface area contributed by atoms with Crippen molar-refractivity contribution in [2.45, 2.75) is 0 Å². The van der Waals surface area contributed by atoms with E-state index in [1.54, 1.807) is 0 Å². The maximum absolute atomic E-state index is 10.3. The average Bonchev–Trinajstić information content (AvgIpc) is 0.980. The van der Waals surface area contributed by atoms with Crippen molar-refractivity contribution in [1.29, 1.82) is 0 Å². The van der Waals surface area contributed by atoms with Crippen LogP contribution in [0.25, 0.3) is 0 Å². The van der Waals surface area contributed by atoms with E-state index in [0.29, 0.717) is 0 Å². The monoisotopic (exact) mass is 420 g/mol.